The first-order valence-electron chi connectivity index (χ1n) is 12.3. The number of rotatable bonds is 5. The summed E-state index contributed by atoms with van der Waals surface area (Å²) in [6, 6.07) is 1.46. The minimum atomic E-state index is -1.31. The molecule has 3 fully saturated rings. The second-order valence-corrected chi connectivity index (χ2v) is 11.4. The molecule has 0 aromatic carbocycles. The van der Waals surface area contributed by atoms with Crippen LogP contribution in [0, 0.1) is 24.1 Å². The molecule has 2 atom stereocenters. The maximum Gasteiger partial charge on any atom is 0.407 e. The topological polar surface area (TPSA) is 110 Å². The van der Waals surface area contributed by atoms with Crippen LogP contribution in [0.4, 0.5) is 14.9 Å². The van der Waals surface area contributed by atoms with Crippen LogP contribution in [0.15, 0.2) is 17.1 Å². The first-order chi connectivity index (χ1) is 16.9. The zero-order chi connectivity index (χ0) is 26.0. The fourth-order valence-corrected chi connectivity index (χ4v) is 5.70. The van der Waals surface area contributed by atoms with Crippen LogP contribution in [0.3, 0.4) is 0 Å². The number of halogens is 1. The van der Waals surface area contributed by atoms with Gasteiger partial charge in [-0.15, -0.1) is 0 Å². The van der Waals surface area contributed by atoms with E-state index in [0.29, 0.717) is 49.6 Å². The second kappa shape index (κ2) is 8.47. The van der Waals surface area contributed by atoms with Gasteiger partial charge in [-0.1, -0.05) is 0 Å². The van der Waals surface area contributed by atoms with Crippen LogP contribution >= 0.6 is 0 Å². The highest BCUT2D eigenvalue weighted by molar-refractivity contribution is 5.89. The number of aryl methyl sites for hydroxylation is 1. The number of carboxylic acid groups (broad SMARTS) is 1. The van der Waals surface area contributed by atoms with Gasteiger partial charge in [0, 0.05) is 31.0 Å². The van der Waals surface area contributed by atoms with Crippen LogP contribution in [0.25, 0.3) is 5.52 Å². The summed E-state index contributed by atoms with van der Waals surface area (Å²) < 4.78 is 27.9. The average Bonchev–Trinajstić information content (AvgIpc) is 3.44. The predicted molar refractivity (Wildman–Crippen MR) is 130 cm³/mol. The summed E-state index contributed by atoms with van der Waals surface area (Å²) in [5.74, 6) is -1.65. The number of fused-ring (bicyclic) bond motifs is 2. The summed E-state index contributed by atoms with van der Waals surface area (Å²) in [5.41, 5.74) is 0.285. The van der Waals surface area contributed by atoms with Gasteiger partial charge in [0.25, 0.3) is 5.56 Å². The molecule has 0 unspecified atom stereocenters. The second-order valence-electron chi connectivity index (χ2n) is 11.4. The van der Waals surface area contributed by atoms with Gasteiger partial charge in [0.2, 0.25) is 0 Å². The van der Waals surface area contributed by atoms with Gasteiger partial charge in [0.05, 0.1) is 30.6 Å². The fourth-order valence-electron chi connectivity index (χ4n) is 5.70. The molecule has 2 aromatic rings. The van der Waals surface area contributed by atoms with Crippen molar-refractivity contribution in [2.24, 2.45) is 11.3 Å². The molecule has 2 aliphatic heterocycles. The van der Waals surface area contributed by atoms with E-state index in [1.165, 1.54) is 6.07 Å². The first kappa shape index (κ1) is 24.5. The van der Waals surface area contributed by atoms with Gasteiger partial charge >= 0.3 is 12.1 Å². The zero-order valence-electron chi connectivity index (χ0n) is 21.0. The number of carbonyl (C=O) groups excluding carboxylic acids is 1. The Morgan fingerprint density at radius 1 is 1.33 bits per heavy atom. The number of ether oxygens (including phenoxy) is 2. The molecule has 1 amide bonds. The molecule has 0 spiro atoms. The number of carboxylic acids is 1. The minimum absolute atomic E-state index is 0.0851. The van der Waals surface area contributed by atoms with E-state index in [2.05, 4.69) is 5.32 Å². The van der Waals surface area contributed by atoms with Crippen molar-refractivity contribution in [2.75, 3.05) is 37.7 Å². The molecule has 0 bridgehead atoms. The van der Waals surface area contributed by atoms with E-state index in [1.54, 1.807) is 27.7 Å². The normalized spacial score (nSPS) is 23.7. The molecule has 10 heteroatoms. The maximum absolute atomic E-state index is 15.6. The number of hydrogen-bond donors (Lipinski definition) is 2. The monoisotopic (exact) mass is 501 g/mol. The average molecular weight is 502 g/mol. The van der Waals surface area contributed by atoms with Gasteiger partial charge in [-0.05, 0) is 63.6 Å². The Hall–Kier alpha value is -3.14. The lowest BCUT2D eigenvalue weighted by Gasteiger charge is -2.29. The quantitative estimate of drug-likeness (QED) is 0.647. The van der Waals surface area contributed by atoms with Crippen molar-refractivity contribution < 1.29 is 28.6 Å². The van der Waals surface area contributed by atoms with E-state index in [-0.39, 0.29) is 17.4 Å². The molecular formula is C26H32FN3O6. The molecule has 2 aromatic heterocycles. The zero-order valence-corrected chi connectivity index (χ0v) is 21.0. The molecule has 1 aliphatic carbocycles. The van der Waals surface area contributed by atoms with Crippen LogP contribution in [0.1, 0.15) is 61.0 Å². The number of amides is 1. The molecule has 9 nitrogen and oxygen atoms in total. The summed E-state index contributed by atoms with van der Waals surface area (Å²) in [5, 5.41) is 12.4. The van der Waals surface area contributed by atoms with Crippen molar-refractivity contribution in [1.82, 2.24) is 9.72 Å². The van der Waals surface area contributed by atoms with E-state index >= 15 is 4.39 Å². The van der Waals surface area contributed by atoms with E-state index in [0.717, 1.165) is 29.0 Å². The number of hydrogen-bond acceptors (Lipinski definition) is 6. The van der Waals surface area contributed by atoms with Crippen molar-refractivity contribution in [3.8, 4) is 0 Å². The van der Waals surface area contributed by atoms with Crippen molar-refractivity contribution in [2.45, 2.75) is 52.1 Å². The number of anilines is 1. The third kappa shape index (κ3) is 4.21. The Bertz CT molecular complexity index is 1310. The number of nitrogens with one attached hydrogen (secondary N) is 1. The third-order valence-electron chi connectivity index (χ3n) is 7.51. The van der Waals surface area contributed by atoms with Crippen LogP contribution in [0.2, 0.25) is 0 Å². The largest absolute Gasteiger partial charge is 0.477 e. The molecule has 2 N–H and O–H groups in total. The van der Waals surface area contributed by atoms with Gasteiger partial charge in [0.1, 0.15) is 11.2 Å². The number of aromatic carboxylic acids is 1. The Morgan fingerprint density at radius 3 is 2.69 bits per heavy atom. The molecule has 3 aliphatic rings. The molecule has 36 heavy (non-hydrogen) atoms. The van der Waals surface area contributed by atoms with E-state index in [9.17, 15) is 19.5 Å². The SMILES string of the molecule is Cc1c(N2C[C@@H]3COC[C@]3(CNC(=O)OC(C)(C)C)C2)c(F)cn2c(=O)c(C(=O)O)cc(C3CC3)c12. The standard InChI is InChI=1S/C26H32FN3O6/c1-14-20-17(15-5-6-15)7-18(23(32)33)22(31)30(20)9-19(27)21(14)29-8-16-10-35-13-26(16,12-29)11-28-24(34)36-25(2,3)4/h7,9,15-16H,5-6,8,10-13H2,1-4H3,(H,28,34)(H,32,33)/t16-,26+/m1/s1. The summed E-state index contributed by atoms with van der Waals surface area (Å²) in [6.07, 6.45) is 2.43. The lowest BCUT2D eigenvalue weighted by atomic mass is 9.81. The Morgan fingerprint density at radius 2 is 2.06 bits per heavy atom. The van der Waals surface area contributed by atoms with Crippen molar-refractivity contribution in [3.63, 3.8) is 0 Å². The van der Waals surface area contributed by atoms with E-state index in [4.69, 9.17) is 9.47 Å². The van der Waals surface area contributed by atoms with Gasteiger partial charge < -0.3 is 24.8 Å². The highest BCUT2D eigenvalue weighted by Crippen LogP contribution is 2.46. The lowest BCUT2D eigenvalue weighted by molar-refractivity contribution is 0.0493. The van der Waals surface area contributed by atoms with Crippen LogP contribution in [0.5, 0.6) is 0 Å². The number of alkyl carbamates (subject to hydrolysis) is 1. The van der Waals surface area contributed by atoms with Crippen molar-refractivity contribution >= 4 is 23.3 Å². The highest BCUT2D eigenvalue weighted by atomic mass is 19.1. The van der Waals surface area contributed by atoms with Crippen molar-refractivity contribution in [3.05, 3.63) is 45.1 Å². The molecule has 1 saturated carbocycles. The van der Waals surface area contributed by atoms with Crippen LogP contribution in [-0.2, 0) is 9.47 Å². The van der Waals surface area contributed by atoms with Gasteiger partial charge in [0.15, 0.2) is 5.82 Å². The summed E-state index contributed by atoms with van der Waals surface area (Å²) in [6.45, 7) is 9.49. The lowest BCUT2D eigenvalue weighted by Crippen LogP contribution is -2.44. The van der Waals surface area contributed by atoms with E-state index < -0.39 is 34.5 Å². The molecule has 194 valence electrons. The Balaban J connectivity index is 1.50. The fraction of sp³-hybridized carbons (Fsp3) is 0.577. The van der Waals surface area contributed by atoms with Gasteiger partial charge in [-0.2, -0.15) is 0 Å². The van der Waals surface area contributed by atoms with Crippen LogP contribution in [-0.4, -0.2) is 60.0 Å². The Kier molecular flexibility index (Phi) is 5.77. The predicted octanol–water partition coefficient (Wildman–Crippen LogP) is 3.30. The third-order valence-corrected chi connectivity index (χ3v) is 7.51. The summed E-state index contributed by atoms with van der Waals surface area (Å²) in [4.78, 5) is 38.8. The van der Waals surface area contributed by atoms with Gasteiger partial charge in [-0.3, -0.25) is 9.20 Å². The first-order valence-corrected chi connectivity index (χ1v) is 12.3. The van der Waals surface area contributed by atoms with Gasteiger partial charge in [-0.25, -0.2) is 14.0 Å². The summed E-state index contributed by atoms with van der Waals surface area (Å²) in [7, 11) is 0. The summed E-state index contributed by atoms with van der Waals surface area (Å²) >= 11 is 0. The van der Waals surface area contributed by atoms with E-state index in [1.807, 2.05) is 4.90 Å². The van der Waals surface area contributed by atoms with Crippen molar-refractivity contribution in [1.29, 1.82) is 0 Å². The highest BCUT2D eigenvalue weighted by Gasteiger charge is 2.51. The number of carbonyl (C=O) groups is 2. The number of pyridine rings is 2. The minimum Gasteiger partial charge on any atom is -0.477 e. The smallest absolute Gasteiger partial charge is 0.407 e. The molecular weight excluding hydrogens is 469 g/mol. The molecule has 0 radical (unpaired) electrons. The number of aromatic nitrogens is 1. The Labute approximate surface area is 208 Å². The molecule has 5 rings (SSSR count). The molecule has 4 heterocycles. The van der Waals surface area contributed by atoms with Crippen LogP contribution < -0.4 is 15.8 Å². The molecule has 2 saturated heterocycles. The maximum atomic E-state index is 15.6. The number of nitrogens with zero attached hydrogens (tertiary/aromatic N) is 2.